The fraction of sp³-hybridized carbons (Fsp3) is 0.250. The van der Waals surface area contributed by atoms with Crippen molar-refractivity contribution in [1.82, 2.24) is 15.5 Å². The van der Waals surface area contributed by atoms with Crippen LogP contribution in [-0.4, -0.2) is 23.3 Å². The second-order valence-corrected chi connectivity index (χ2v) is 5.39. The number of urea groups is 1. The average Bonchev–Trinajstić information content (AvgIpc) is 2.94. The van der Waals surface area contributed by atoms with Crippen LogP contribution in [-0.2, 0) is 6.54 Å². The van der Waals surface area contributed by atoms with Gasteiger partial charge in [0.25, 0.3) is 6.43 Å². The number of rotatable bonds is 5. The minimum absolute atomic E-state index is 0.0149. The second-order valence-electron chi connectivity index (χ2n) is 3.97. The monoisotopic (exact) mass is 348 g/mol. The molecule has 2 rings (SSSR count). The number of benzene rings is 1. The topological polar surface area (TPSA) is 76.1 Å². The molecule has 0 unspecified atom stereocenters. The molecule has 22 heavy (non-hydrogen) atoms. The Balaban J connectivity index is 1.95. The largest absolute Gasteiger partial charge is 0.496 e. The summed E-state index contributed by atoms with van der Waals surface area (Å²) in [4.78, 5) is 11.7. The number of carbonyl (C=O) groups is 1. The molecule has 118 valence electrons. The van der Waals surface area contributed by atoms with Crippen LogP contribution in [0.25, 0.3) is 0 Å². The molecule has 0 radical (unpaired) electrons. The highest BCUT2D eigenvalue weighted by atomic mass is 35.5. The Hall–Kier alpha value is -2.00. The molecule has 2 N–H and O–H groups in total. The van der Waals surface area contributed by atoms with Gasteiger partial charge in [-0.3, -0.25) is 5.32 Å². The van der Waals surface area contributed by atoms with Gasteiger partial charge in [0.2, 0.25) is 5.13 Å². The van der Waals surface area contributed by atoms with Gasteiger partial charge in [-0.2, -0.15) is 0 Å². The number of anilines is 1. The third-order valence-corrected chi connectivity index (χ3v) is 3.77. The summed E-state index contributed by atoms with van der Waals surface area (Å²) in [6, 6.07) is 4.48. The molecule has 2 amide bonds. The number of hydrogen-bond acceptors (Lipinski definition) is 5. The molecular formula is C12H11ClF2N4O2S. The second kappa shape index (κ2) is 7.32. The molecule has 0 aliphatic rings. The lowest BCUT2D eigenvalue weighted by atomic mass is 10.2. The van der Waals surface area contributed by atoms with Gasteiger partial charge in [-0.25, -0.2) is 13.6 Å². The smallest absolute Gasteiger partial charge is 0.321 e. The van der Waals surface area contributed by atoms with E-state index in [1.165, 1.54) is 7.11 Å². The summed E-state index contributed by atoms with van der Waals surface area (Å²) >= 11 is 6.64. The van der Waals surface area contributed by atoms with Crippen molar-refractivity contribution < 1.29 is 18.3 Å². The van der Waals surface area contributed by atoms with E-state index < -0.39 is 17.5 Å². The van der Waals surface area contributed by atoms with Crippen molar-refractivity contribution in [2.24, 2.45) is 0 Å². The van der Waals surface area contributed by atoms with Gasteiger partial charge >= 0.3 is 6.03 Å². The Morgan fingerprint density at radius 1 is 1.45 bits per heavy atom. The Kier molecular flexibility index (Phi) is 5.45. The maximum atomic E-state index is 12.4. The Morgan fingerprint density at radius 3 is 2.86 bits per heavy atom. The first kappa shape index (κ1) is 16.4. The molecule has 0 saturated carbocycles. The number of ether oxygens (including phenoxy) is 1. The number of nitrogens with zero attached hydrogens (tertiary/aromatic N) is 2. The quantitative estimate of drug-likeness (QED) is 0.867. The predicted octanol–water partition coefficient (Wildman–Crippen LogP) is 3.46. The van der Waals surface area contributed by atoms with Crippen LogP contribution in [0.15, 0.2) is 18.2 Å². The van der Waals surface area contributed by atoms with Crippen LogP contribution < -0.4 is 15.4 Å². The summed E-state index contributed by atoms with van der Waals surface area (Å²) in [7, 11) is 1.49. The molecule has 6 nitrogen and oxygen atoms in total. The van der Waals surface area contributed by atoms with E-state index in [9.17, 15) is 13.6 Å². The maximum absolute atomic E-state index is 12.4. The maximum Gasteiger partial charge on any atom is 0.321 e. The molecule has 0 bridgehead atoms. The van der Waals surface area contributed by atoms with Crippen LogP contribution >= 0.6 is 22.9 Å². The lowest BCUT2D eigenvalue weighted by molar-refractivity contribution is 0.150. The zero-order chi connectivity index (χ0) is 16.1. The number of halogens is 3. The Morgan fingerprint density at radius 2 is 2.23 bits per heavy atom. The predicted molar refractivity (Wildman–Crippen MR) is 78.7 cm³/mol. The molecule has 1 heterocycles. The summed E-state index contributed by atoms with van der Waals surface area (Å²) in [5.41, 5.74) is 0.604. The van der Waals surface area contributed by atoms with Crippen molar-refractivity contribution in [3.63, 3.8) is 0 Å². The highest BCUT2D eigenvalue weighted by molar-refractivity contribution is 7.15. The minimum Gasteiger partial charge on any atom is -0.496 e. The van der Waals surface area contributed by atoms with Gasteiger partial charge < -0.3 is 10.1 Å². The van der Waals surface area contributed by atoms with Crippen molar-refractivity contribution in [3.05, 3.63) is 33.8 Å². The van der Waals surface area contributed by atoms with Crippen molar-refractivity contribution in [2.75, 3.05) is 12.4 Å². The van der Waals surface area contributed by atoms with E-state index in [2.05, 4.69) is 20.8 Å². The van der Waals surface area contributed by atoms with E-state index >= 15 is 0 Å². The third-order valence-electron chi connectivity index (χ3n) is 2.57. The number of methoxy groups -OCH3 is 1. The lowest BCUT2D eigenvalue weighted by Gasteiger charge is -2.11. The summed E-state index contributed by atoms with van der Waals surface area (Å²) in [6.45, 7) is 0.106. The van der Waals surface area contributed by atoms with E-state index in [0.29, 0.717) is 27.7 Å². The molecule has 0 aliphatic carbocycles. The summed E-state index contributed by atoms with van der Waals surface area (Å²) < 4.78 is 29.9. The van der Waals surface area contributed by atoms with E-state index in [1.807, 2.05) is 0 Å². The standard InChI is InChI=1S/C12H11ClF2N4O2S/c1-21-8-4-2-3-7(13)6(8)5-16-11(20)17-12-19-18-10(22-12)9(14)15/h2-4,9H,5H2,1H3,(H2,16,17,19,20). The molecule has 1 aromatic heterocycles. The SMILES string of the molecule is COc1cccc(Cl)c1CNC(=O)Nc1nnc(C(F)F)s1. The molecular weight excluding hydrogens is 338 g/mol. The minimum atomic E-state index is -2.72. The molecule has 0 spiro atoms. The van der Waals surface area contributed by atoms with E-state index in [1.54, 1.807) is 18.2 Å². The van der Waals surface area contributed by atoms with Gasteiger partial charge in [-0.15, -0.1) is 10.2 Å². The van der Waals surface area contributed by atoms with Crippen molar-refractivity contribution in [3.8, 4) is 5.75 Å². The Labute approximate surface area is 133 Å². The van der Waals surface area contributed by atoms with E-state index in [0.717, 1.165) is 0 Å². The van der Waals surface area contributed by atoms with Crippen LogP contribution in [0, 0.1) is 0 Å². The van der Waals surface area contributed by atoms with Crippen LogP contribution in [0.5, 0.6) is 5.75 Å². The highest BCUT2D eigenvalue weighted by Crippen LogP contribution is 2.26. The van der Waals surface area contributed by atoms with Crippen LogP contribution in [0.4, 0.5) is 18.7 Å². The number of aromatic nitrogens is 2. The van der Waals surface area contributed by atoms with Crippen LogP contribution in [0.3, 0.4) is 0 Å². The van der Waals surface area contributed by atoms with Gasteiger partial charge in [-0.05, 0) is 12.1 Å². The van der Waals surface area contributed by atoms with Crippen molar-refractivity contribution in [1.29, 1.82) is 0 Å². The summed E-state index contributed by atoms with van der Waals surface area (Å²) in [5.74, 6) is 0.531. The molecule has 0 atom stereocenters. The number of nitrogens with one attached hydrogen (secondary N) is 2. The lowest BCUT2D eigenvalue weighted by Crippen LogP contribution is -2.28. The number of amides is 2. The highest BCUT2D eigenvalue weighted by Gasteiger charge is 2.15. The van der Waals surface area contributed by atoms with E-state index in [4.69, 9.17) is 16.3 Å². The zero-order valence-electron chi connectivity index (χ0n) is 11.3. The van der Waals surface area contributed by atoms with Gasteiger partial charge in [0.05, 0.1) is 7.11 Å². The van der Waals surface area contributed by atoms with Gasteiger partial charge in [-0.1, -0.05) is 29.0 Å². The zero-order valence-corrected chi connectivity index (χ0v) is 12.8. The molecule has 1 aromatic carbocycles. The fourth-order valence-electron chi connectivity index (χ4n) is 1.58. The molecule has 10 heteroatoms. The molecule has 0 fully saturated rings. The number of alkyl halides is 2. The summed E-state index contributed by atoms with van der Waals surface area (Å²) in [5, 5.41) is 11.5. The molecule has 2 aromatic rings. The summed E-state index contributed by atoms with van der Waals surface area (Å²) in [6.07, 6.45) is -2.72. The van der Waals surface area contributed by atoms with Crippen molar-refractivity contribution >= 4 is 34.1 Å². The van der Waals surface area contributed by atoms with Gasteiger partial charge in [0.15, 0.2) is 5.01 Å². The average molecular weight is 349 g/mol. The normalized spacial score (nSPS) is 10.6. The Bertz CT molecular complexity index is 668. The first-order chi connectivity index (χ1) is 10.5. The first-order valence-electron chi connectivity index (χ1n) is 5.99. The van der Waals surface area contributed by atoms with E-state index in [-0.39, 0.29) is 11.7 Å². The van der Waals surface area contributed by atoms with Gasteiger partial charge in [0.1, 0.15) is 5.75 Å². The van der Waals surface area contributed by atoms with Gasteiger partial charge in [0, 0.05) is 17.1 Å². The fourth-order valence-corrected chi connectivity index (χ4v) is 2.41. The number of carbonyl (C=O) groups excluding carboxylic acids is 1. The number of hydrogen-bond donors (Lipinski definition) is 2. The van der Waals surface area contributed by atoms with Crippen LogP contribution in [0.1, 0.15) is 17.0 Å². The third kappa shape index (κ3) is 4.01. The molecule has 0 aliphatic heterocycles. The van der Waals surface area contributed by atoms with Crippen molar-refractivity contribution in [2.45, 2.75) is 13.0 Å². The first-order valence-corrected chi connectivity index (χ1v) is 7.18. The van der Waals surface area contributed by atoms with Crippen LogP contribution in [0.2, 0.25) is 5.02 Å². The molecule has 0 saturated heterocycles.